The SMILES string of the molecule is CCNCc1ccc(-c2ccc(Cl)cc2F)s1. The number of thiophene rings is 1. The molecule has 1 nitrogen and oxygen atoms in total. The van der Waals surface area contributed by atoms with Crippen molar-refractivity contribution in [3.05, 3.63) is 46.0 Å². The van der Waals surface area contributed by atoms with Gasteiger partial charge in [-0.15, -0.1) is 11.3 Å². The van der Waals surface area contributed by atoms with Gasteiger partial charge >= 0.3 is 0 Å². The molecule has 0 unspecified atom stereocenters. The Morgan fingerprint density at radius 1 is 1.29 bits per heavy atom. The van der Waals surface area contributed by atoms with Gasteiger partial charge in [-0.05, 0) is 36.9 Å². The lowest BCUT2D eigenvalue weighted by molar-refractivity contribution is 0.632. The molecule has 1 aromatic heterocycles. The summed E-state index contributed by atoms with van der Waals surface area (Å²) < 4.78 is 13.7. The Morgan fingerprint density at radius 3 is 2.82 bits per heavy atom. The fourth-order valence-corrected chi connectivity index (χ4v) is 2.72. The normalized spacial score (nSPS) is 10.8. The summed E-state index contributed by atoms with van der Waals surface area (Å²) in [5.74, 6) is -0.269. The third-order valence-corrected chi connectivity index (χ3v) is 3.76. The average molecular weight is 270 g/mol. The average Bonchev–Trinajstić information content (AvgIpc) is 2.75. The number of halogens is 2. The van der Waals surface area contributed by atoms with Gasteiger partial charge in [0, 0.05) is 26.9 Å². The zero-order valence-electron chi connectivity index (χ0n) is 9.47. The molecule has 17 heavy (non-hydrogen) atoms. The van der Waals surface area contributed by atoms with Crippen LogP contribution in [0.15, 0.2) is 30.3 Å². The molecule has 1 N–H and O–H groups in total. The number of benzene rings is 1. The van der Waals surface area contributed by atoms with E-state index < -0.39 is 0 Å². The maximum Gasteiger partial charge on any atom is 0.133 e. The molecular weight excluding hydrogens is 257 g/mol. The monoisotopic (exact) mass is 269 g/mol. The molecule has 90 valence electrons. The van der Waals surface area contributed by atoms with Crippen LogP contribution in [0.3, 0.4) is 0 Å². The molecule has 1 aromatic carbocycles. The van der Waals surface area contributed by atoms with E-state index in [2.05, 4.69) is 12.2 Å². The summed E-state index contributed by atoms with van der Waals surface area (Å²) in [6, 6.07) is 8.76. The van der Waals surface area contributed by atoms with Crippen molar-refractivity contribution in [2.75, 3.05) is 6.54 Å². The van der Waals surface area contributed by atoms with E-state index in [4.69, 9.17) is 11.6 Å². The maximum absolute atomic E-state index is 13.7. The van der Waals surface area contributed by atoms with Gasteiger partial charge < -0.3 is 5.32 Å². The minimum atomic E-state index is -0.269. The predicted octanol–water partition coefficient (Wildman–Crippen LogP) is 4.32. The molecule has 0 saturated heterocycles. The first-order valence-electron chi connectivity index (χ1n) is 5.45. The van der Waals surface area contributed by atoms with E-state index in [0.29, 0.717) is 10.6 Å². The summed E-state index contributed by atoms with van der Waals surface area (Å²) in [4.78, 5) is 2.14. The first-order chi connectivity index (χ1) is 8.20. The van der Waals surface area contributed by atoms with E-state index in [-0.39, 0.29) is 5.82 Å². The van der Waals surface area contributed by atoms with Crippen molar-refractivity contribution in [1.82, 2.24) is 5.32 Å². The second kappa shape index (κ2) is 5.63. The van der Waals surface area contributed by atoms with Crippen LogP contribution in [0.2, 0.25) is 5.02 Å². The molecule has 0 aliphatic rings. The quantitative estimate of drug-likeness (QED) is 0.872. The summed E-state index contributed by atoms with van der Waals surface area (Å²) in [5, 5.41) is 3.68. The highest BCUT2D eigenvalue weighted by Gasteiger charge is 2.08. The molecule has 0 atom stereocenters. The van der Waals surface area contributed by atoms with Crippen LogP contribution in [0.1, 0.15) is 11.8 Å². The maximum atomic E-state index is 13.7. The first kappa shape index (κ1) is 12.6. The molecule has 0 amide bonds. The van der Waals surface area contributed by atoms with E-state index >= 15 is 0 Å². The van der Waals surface area contributed by atoms with Gasteiger partial charge in [-0.25, -0.2) is 4.39 Å². The third-order valence-electron chi connectivity index (χ3n) is 2.41. The van der Waals surface area contributed by atoms with Crippen LogP contribution in [0.5, 0.6) is 0 Å². The highest BCUT2D eigenvalue weighted by Crippen LogP contribution is 2.31. The van der Waals surface area contributed by atoms with Crippen molar-refractivity contribution in [3.63, 3.8) is 0 Å². The topological polar surface area (TPSA) is 12.0 Å². The Bertz CT molecular complexity index is 510. The van der Waals surface area contributed by atoms with Crippen LogP contribution >= 0.6 is 22.9 Å². The van der Waals surface area contributed by atoms with Gasteiger partial charge in [0.1, 0.15) is 5.82 Å². The van der Waals surface area contributed by atoms with Gasteiger partial charge in [-0.1, -0.05) is 18.5 Å². The van der Waals surface area contributed by atoms with E-state index in [1.165, 1.54) is 10.9 Å². The highest BCUT2D eigenvalue weighted by atomic mass is 35.5. The number of hydrogen-bond acceptors (Lipinski definition) is 2. The lowest BCUT2D eigenvalue weighted by Crippen LogP contribution is -2.10. The van der Waals surface area contributed by atoms with Crippen LogP contribution < -0.4 is 5.32 Å². The molecule has 2 rings (SSSR count). The molecule has 0 bridgehead atoms. The minimum Gasteiger partial charge on any atom is -0.312 e. The molecule has 0 aliphatic carbocycles. The Balaban J connectivity index is 2.24. The summed E-state index contributed by atoms with van der Waals surface area (Å²) in [6.45, 7) is 3.83. The van der Waals surface area contributed by atoms with Gasteiger partial charge in [-0.2, -0.15) is 0 Å². The Kier molecular flexibility index (Phi) is 4.15. The molecule has 2 aromatic rings. The number of hydrogen-bond donors (Lipinski definition) is 1. The van der Waals surface area contributed by atoms with Gasteiger partial charge in [0.15, 0.2) is 0 Å². The summed E-state index contributed by atoms with van der Waals surface area (Å²) in [7, 11) is 0. The number of nitrogens with one attached hydrogen (secondary N) is 1. The van der Waals surface area contributed by atoms with E-state index in [1.54, 1.807) is 23.5 Å². The summed E-state index contributed by atoms with van der Waals surface area (Å²) in [5.41, 5.74) is 0.613. The Labute approximate surface area is 109 Å². The van der Waals surface area contributed by atoms with Crippen molar-refractivity contribution in [2.24, 2.45) is 0 Å². The lowest BCUT2D eigenvalue weighted by Gasteiger charge is -2.00. The molecule has 0 radical (unpaired) electrons. The summed E-state index contributed by atoms with van der Waals surface area (Å²) in [6.07, 6.45) is 0. The smallest absolute Gasteiger partial charge is 0.133 e. The zero-order valence-corrected chi connectivity index (χ0v) is 11.0. The van der Waals surface area contributed by atoms with Crippen LogP contribution in [-0.2, 0) is 6.54 Å². The Morgan fingerprint density at radius 2 is 2.12 bits per heavy atom. The lowest BCUT2D eigenvalue weighted by atomic mass is 10.2. The second-order valence-electron chi connectivity index (χ2n) is 3.67. The molecule has 1 heterocycles. The van der Waals surface area contributed by atoms with Crippen molar-refractivity contribution in [1.29, 1.82) is 0 Å². The zero-order chi connectivity index (χ0) is 12.3. The van der Waals surface area contributed by atoms with Gasteiger partial charge in [0.25, 0.3) is 0 Å². The van der Waals surface area contributed by atoms with Gasteiger partial charge in [0.2, 0.25) is 0 Å². The standard InChI is InChI=1S/C13H13ClFNS/c1-2-16-8-10-4-6-13(17-10)11-5-3-9(14)7-12(11)15/h3-7,16H,2,8H2,1H3. The second-order valence-corrected chi connectivity index (χ2v) is 5.28. The minimum absolute atomic E-state index is 0.269. The molecule has 4 heteroatoms. The molecule has 0 saturated carbocycles. The van der Waals surface area contributed by atoms with Crippen LogP contribution in [0.4, 0.5) is 4.39 Å². The van der Waals surface area contributed by atoms with Crippen LogP contribution in [0.25, 0.3) is 10.4 Å². The van der Waals surface area contributed by atoms with Crippen molar-refractivity contribution >= 4 is 22.9 Å². The Hall–Kier alpha value is -0.900. The van der Waals surface area contributed by atoms with Crippen LogP contribution in [0, 0.1) is 5.82 Å². The first-order valence-corrected chi connectivity index (χ1v) is 6.65. The molecule has 0 spiro atoms. The van der Waals surface area contributed by atoms with Crippen molar-refractivity contribution < 1.29 is 4.39 Å². The van der Waals surface area contributed by atoms with Crippen molar-refractivity contribution in [3.8, 4) is 10.4 Å². The van der Waals surface area contributed by atoms with E-state index in [9.17, 15) is 4.39 Å². The largest absolute Gasteiger partial charge is 0.312 e. The van der Waals surface area contributed by atoms with Crippen molar-refractivity contribution in [2.45, 2.75) is 13.5 Å². The highest BCUT2D eigenvalue weighted by molar-refractivity contribution is 7.15. The molecular formula is C13H13ClFNS. The fourth-order valence-electron chi connectivity index (χ4n) is 1.56. The predicted molar refractivity (Wildman–Crippen MR) is 72.1 cm³/mol. The van der Waals surface area contributed by atoms with E-state index in [0.717, 1.165) is 18.0 Å². The van der Waals surface area contributed by atoms with E-state index in [1.807, 2.05) is 12.1 Å². The van der Waals surface area contributed by atoms with Gasteiger partial charge in [-0.3, -0.25) is 0 Å². The third kappa shape index (κ3) is 3.06. The summed E-state index contributed by atoms with van der Waals surface area (Å²) >= 11 is 7.33. The van der Waals surface area contributed by atoms with Gasteiger partial charge in [0.05, 0.1) is 0 Å². The molecule has 0 aliphatic heterocycles. The molecule has 0 fully saturated rings. The van der Waals surface area contributed by atoms with Crippen LogP contribution in [-0.4, -0.2) is 6.54 Å². The number of rotatable bonds is 4. The fraction of sp³-hybridized carbons (Fsp3) is 0.231.